The Kier molecular flexibility index (Phi) is 5.28. The number of piperazine rings is 1. The Hall–Kier alpha value is -1.98. The number of halogens is 3. The summed E-state index contributed by atoms with van der Waals surface area (Å²) < 4.78 is 64.7. The third kappa shape index (κ3) is 4.14. The fourth-order valence-corrected chi connectivity index (χ4v) is 4.98. The van der Waals surface area contributed by atoms with Gasteiger partial charge in [-0.2, -0.15) is 17.5 Å². The molecule has 2 aromatic rings. The lowest BCUT2D eigenvalue weighted by atomic mass is 10.2. The smallest absolute Gasteiger partial charge is 0.345 e. The molecule has 0 N–H and O–H groups in total. The lowest BCUT2D eigenvalue weighted by molar-refractivity contribution is -0.140. The zero-order chi connectivity index (χ0) is 19.8. The third-order valence-electron chi connectivity index (χ3n) is 4.19. The van der Waals surface area contributed by atoms with E-state index in [1.807, 2.05) is 0 Å². The molecule has 1 aliphatic rings. The number of rotatable bonds is 4. The number of carbonyl (C=O) groups is 1. The zero-order valence-corrected chi connectivity index (χ0v) is 15.9. The first-order valence-corrected chi connectivity index (χ1v) is 10.3. The van der Waals surface area contributed by atoms with Crippen molar-refractivity contribution in [3.05, 3.63) is 40.9 Å². The van der Waals surface area contributed by atoms with Gasteiger partial charge in [0, 0.05) is 37.1 Å². The lowest BCUT2D eigenvalue weighted by Gasteiger charge is -2.33. The molecule has 1 aliphatic heterocycles. The molecule has 3 rings (SSSR count). The molecule has 11 heteroatoms. The Balaban J connectivity index is 1.69. The lowest BCUT2D eigenvalue weighted by Crippen LogP contribution is -2.48. The molecule has 0 radical (unpaired) electrons. The standard InChI is InChI=1S/C16H16F3N3O3S2/c1-11(23)12-2-4-13(5-3-12)27(24,25)22-8-6-21(7-9-22)15-20-14(10-26-15)16(17,18)19/h2-5,10H,6-9H2,1H3. The predicted octanol–water partition coefficient (Wildman–Crippen LogP) is 2.88. The number of carbonyl (C=O) groups excluding carboxylic acids is 1. The monoisotopic (exact) mass is 419 g/mol. The molecular weight excluding hydrogens is 403 g/mol. The summed E-state index contributed by atoms with van der Waals surface area (Å²) in [6, 6.07) is 5.68. The topological polar surface area (TPSA) is 70.6 Å². The summed E-state index contributed by atoms with van der Waals surface area (Å²) in [5.41, 5.74) is -0.522. The third-order valence-corrected chi connectivity index (χ3v) is 7.00. The van der Waals surface area contributed by atoms with Crippen LogP contribution in [0.4, 0.5) is 18.3 Å². The summed E-state index contributed by atoms with van der Waals surface area (Å²) in [6.07, 6.45) is -4.49. The molecule has 6 nitrogen and oxygen atoms in total. The summed E-state index contributed by atoms with van der Waals surface area (Å²) in [5.74, 6) is -0.158. The second-order valence-corrected chi connectivity index (χ2v) is 8.76. The average molecular weight is 419 g/mol. The van der Waals surface area contributed by atoms with Gasteiger partial charge in [-0.1, -0.05) is 12.1 Å². The molecule has 1 aromatic carbocycles. The van der Waals surface area contributed by atoms with Gasteiger partial charge < -0.3 is 4.90 Å². The summed E-state index contributed by atoms with van der Waals surface area (Å²) in [5, 5.41) is 1.18. The molecule has 0 saturated carbocycles. The zero-order valence-electron chi connectivity index (χ0n) is 14.2. The highest BCUT2D eigenvalue weighted by Crippen LogP contribution is 2.33. The largest absolute Gasteiger partial charge is 0.434 e. The Bertz CT molecular complexity index is 932. The second kappa shape index (κ2) is 7.21. The molecular formula is C16H16F3N3O3S2. The molecule has 0 atom stereocenters. The molecule has 0 amide bonds. The molecule has 0 bridgehead atoms. The number of aromatic nitrogens is 1. The number of thiazole rings is 1. The van der Waals surface area contributed by atoms with Crippen LogP contribution in [0.2, 0.25) is 0 Å². The van der Waals surface area contributed by atoms with Gasteiger partial charge in [0.2, 0.25) is 10.0 Å². The fourth-order valence-electron chi connectivity index (χ4n) is 2.67. The Morgan fingerprint density at radius 3 is 2.19 bits per heavy atom. The average Bonchev–Trinajstić information content (AvgIpc) is 3.12. The van der Waals surface area contributed by atoms with Gasteiger partial charge in [-0.25, -0.2) is 13.4 Å². The van der Waals surface area contributed by atoms with E-state index in [0.29, 0.717) is 5.56 Å². The van der Waals surface area contributed by atoms with Crippen LogP contribution in [-0.2, 0) is 16.2 Å². The molecule has 146 valence electrons. The Labute approximate surface area is 158 Å². The number of alkyl halides is 3. The molecule has 2 heterocycles. The van der Waals surface area contributed by atoms with Crippen LogP contribution < -0.4 is 4.90 Å². The quantitative estimate of drug-likeness (QED) is 0.713. The van der Waals surface area contributed by atoms with Gasteiger partial charge in [0.1, 0.15) is 0 Å². The minimum absolute atomic E-state index is 0.0783. The summed E-state index contributed by atoms with van der Waals surface area (Å²) in [6.45, 7) is 2.16. The number of Topliss-reactive ketones (excluding diaryl/α,β-unsaturated/α-hetero) is 1. The van der Waals surface area contributed by atoms with E-state index in [2.05, 4.69) is 4.98 Å². The van der Waals surface area contributed by atoms with Crippen molar-refractivity contribution in [1.29, 1.82) is 0 Å². The van der Waals surface area contributed by atoms with Gasteiger partial charge in [-0.05, 0) is 19.1 Å². The highest BCUT2D eigenvalue weighted by molar-refractivity contribution is 7.89. The van der Waals surface area contributed by atoms with Gasteiger partial charge in [0.25, 0.3) is 0 Å². The van der Waals surface area contributed by atoms with Crippen molar-refractivity contribution >= 4 is 32.3 Å². The first kappa shape index (κ1) is 19.8. The maximum atomic E-state index is 12.7. The van der Waals surface area contributed by atoms with Gasteiger partial charge in [-0.3, -0.25) is 4.79 Å². The predicted molar refractivity (Wildman–Crippen MR) is 94.5 cm³/mol. The molecule has 1 fully saturated rings. The maximum Gasteiger partial charge on any atom is 0.434 e. The van der Waals surface area contributed by atoms with Crippen molar-refractivity contribution in [3.63, 3.8) is 0 Å². The van der Waals surface area contributed by atoms with Crippen molar-refractivity contribution < 1.29 is 26.4 Å². The van der Waals surface area contributed by atoms with Crippen molar-refractivity contribution in [2.75, 3.05) is 31.1 Å². The van der Waals surface area contributed by atoms with Gasteiger partial charge in [-0.15, -0.1) is 11.3 Å². The van der Waals surface area contributed by atoms with E-state index in [1.165, 1.54) is 35.5 Å². The number of benzene rings is 1. The van der Waals surface area contributed by atoms with Crippen molar-refractivity contribution in [2.24, 2.45) is 0 Å². The Morgan fingerprint density at radius 1 is 1.11 bits per heavy atom. The first-order valence-electron chi connectivity index (χ1n) is 7.98. The minimum atomic E-state index is -4.49. The number of ketones is 1. The molecule has 1 aromatic heterocycles. The van der Waals surface area contributed by atoms with Crippen LogP contribution in [0.1, 0.15) is 23.0 Å². The molecule has 0 aliphatic carbocycles. The molecule has 0 spiro atoms. The summed E-state index contributed by atoms with van der Waals surface area (Å²) in [7, 11) is -3.73. The fraction of sp³-hybridized carbons (Fsp3) is 0.375. The number of sulfonamides is 1. The van der Waals surface area contributed by atoms with E-state index >= 15 is 0 Å². The second-order valence-electron chi connectivity index (χ2n) is 5.98. The molecule has 0 unspecified atom stereocenters. The maximum absolute atomic E-state index is 12.7. The van der Waals surface area contributed by atoms with E-state index in [4.69, 9.17) is 0 Å². The highest BCUT2D eigenvalue weighted by Gasteiger charge is 2.35. The van der Waals surface area contributed by atoms with Crippen molar-refractivity contribution in [3.8, 4) is 0 Å². The first-order chi connectivity index (χ1) is 12.6. The van der Waals surface area contributed by atoms with E-state index in [-0.39, 0.29) is 42.0 Å². The Morgan fingerprint density at radius 2 is 1.70 bits per heavy atom. The van der Waals surface area contributed by atoms with Crippen LogP contribution >= 0.6 is 11.3 Å². The van der Waals surface area contributed by atoms with Crippen molar-refractivity contribution in [1.82, 2.24) is 9.29 Å². The molecule has 27 heavy (non-hydrogen) atoms. The van der Waals surface area contributed by atoms with Crippen LogP contribution in [0.25, 0.3) is 0 Å². The summed E-state index contributed by atoms with van der Waals surface area (Å²) >= 11 is 0.887. The van der Waals surface area contributed by atoms with Gasteiger partial charge in [0.05, 0.1) is 4.90 Å². The highest BCUT2D eigenvalue weighted by atomic mass is 32.2. The van der Waals surface area contributed by atoms with E-state index in [1.54, 1.807) is 4.90 Å². The van der Waals surface area contributed by atoms with Crippen LogP contribution in [-0.4, -0.2) is 49.7 Å². The van der Waals surface area contributed by atoms with E-state index < -0.39 is 21.9 Å². The number of hydrogen-bond acceptors (Lipinski definition) is 6. The number of hydrogen-bond donors (Lipinski definition) is 0. The van der Waals surface area contributed by atoms with E-state index in [0.717, 1.165) is 16.7 Å². The van der Waals surface area contributed by atoms with Crippen LogP contribution in [0, 0.1) is 0 Å². The van der Waals surface area contributed by atoms with Crippen LogP contribution in [0.15, 0.2) is 34.5 Å². The SMILES string of the molecule is CC(=O)c1ccc(S(=O)(=O)N2CCN(c3nc(C(F)(F)F)cs3)CC2)cc1. The van der Waals surface area contributed by atoms with Gasteiger partial charge >= 0.3 is 6.18 Å². The van der Waals surface area contributed by atoms with Crippen LogP contribution in [0.5, 0.6) is 0 Å². The van der Waals surface area contributed by atoms with E-state index in [9.17, 15) is 26.4 Å². The number of anilines is 1. The normalized spacial score (nSPS) is 16.5. The number of nitrogens with zero attached hydrogens (tertiary/aromatic N) is 3. The summed E-state index contributed by atoms with van der Waals surface area (Å²) in [4.78, 5) is 16.6. The van der Waals surface area contributed by atoms with Gasteiger partial charge in [0.15, 0.2) is 16.6 Å². The molecule has 1 saturated heterocycles. The van der Waals surface area contributed by atoms with Crippen LogP contribution in [0.3, 0.4) is 0 Å². The van der Waals surface area contributed by atoms with Crippen molar-refractivity contribution in [2.45, 2.75) is 18.0 Å². The minimum Gasteiger partial charge on any atom is -0.345 e.